The van der Waals surface area contributed by atoms with Crippen molar-refractivity contribution in [2.24, 2.45) is 11.8 Å². The quantitative estimate of drug-likeness (QED) is 0.487. The van der Waals surface area contributed by atoms with Crippen LogP contribution in [0.2, 0.25) is 0 Å². The third-order valence-electron chi connectivity index (χ3n) is 2.02. The topological polar surface area (TPSA) is 43.4 Å². The standard InChI is InChI=1S/C11H20O3/c1-5-10(12)9(7-8(3)4)11(13)14-6-2/h8-9H,5-7H2,1-4H3. The van der Waals surface area contributed by atoms with Crippen LogP contribution in [0, 0.1) is 11.8 Å². The molecule has 0 radical (unpaired) electrons. The van der Waals surface area contributed by atoms with Crippen LogP contribution in [0.15, 0.2) is 0 Å². The summed E-state index contributed by atoms with van der Waals surface area (Å²) in [5, 5.41) is 0. The molecule has 0 aromatic heterocycles. The van der Waals surface area contributed by atoms with Gasteiger partial charge in [-0.3, -0.25) is 9.59 Å². The number of hydrogen-bond donors (Lipinski definition) is 0. The lowest BCUT2D eigenvalue weighted by Crippen LogP contribution is -2.27. The lowest BCUT2D eigenvalue weighted by Gasteiger charge is -2.15. The molecule has 3 nitrogen and oxygen atoms in total. The van der Waals surface area contributed by atoms with Gasteiger partial charge in [0, 0.05) is 6.42 Å². The molecule has 82 valence electrons. The van der Waals surface area contributed by atoms with Gasteiger partial charge in [0.05, 0.1) is 6.61 Å². The highest BCUT2D eigenvalue weighted by Crippen LogP contribution is 2.16. The molecule has 0 aliphatic heterocycles. The van der Waals surface area contributed by atoms with Crippen LogP contribution in [0.5, 0.6) is 0 Å². The van der Waals surface area contributed by atoms with E-state index in [9.17, 15) is 9.59 Å². The van der Waals surface area contributed by atoms with Crippen LogP contribution in [0.1, 0.15) is 40.5 Å². The maximum Gasteiger partial charge on any atom is 0.316 e. The van der Waals surface area contributed by atoms with Crippen molar-refractivity contribution in [3.8, 4) is 0 Å². The zero-order valence-corrected chi connectivity index (χ0v) is 9.50. The second-order valence-corrected chi connectivity index (χ2v) is 3.75. The highest BCUT2D eigenvalue weighted by atomic mass is 16.5. The number of carbonyl (C=O) groups is 2. The molecule has 14 heavy (non-hydrogen) atoms. The summed E-state index contributed by atoms with van der Waals surface area (Å²) in [7, 11) is 0. The maximum absolute atomic E-state index is 11.5. The number of carbonyl (C=O) groups excluding carboxylic acids is 2. The number of hydrogen-bond acceptors (Lipinski definition) is 3. The fraction of sp³-hybridized carbons (Fsp3) is 0.818. The summed E-state index contributed by atoms with van der Waals surface area (Å²) < 4.78 is 4.87. The molecule has 0 aliphatic carbocycles. The Hall–Kier alpha value is -0.860. The minimum atomic E-state index is -0.556. The molecular weight excluding hydrogens is 180 g/mol. The molecule has 0 N–H and O–H groups in total. The lowest BCUT2D eigenvalue weighted by molar-refractivity contribution is -0.152. The van der Waals surface area contributed by atoms with E-state index >= 15 is 0 Å². The Morgan fingerprint density at radius 1 is 1.21 bits per heavy atom. The molecule has 0 spiro atoms. The predicted molar refractivity (Wildman–Crippen MR) is 54.9 cm³/mol. The minimum Gasteiger partial charge on any atom is -0.465 e. The Balaban J connectivity index is 4.38. The van der Waals surface area contributed by atoms with Crippen LogP contribution >= 0.6 is 0 Å². The van der Waals surface area contributed by atoms with Gasteiger partial charge in [0.2, 0.25) is 0 Å². The highest BCUT2D eigenvalue weighted by molar-refractivity contribution is 5.98. The highest BCUT2D eigenvalue weighted by Gasteiger charge is 2.26. The van der Waals surface area contributed by atoms with Crippen LogP contribution in [-0.4, -0.2) is 18.4 Å². The number of rotatable bonds is 6. The molecule has 0 aromatic rings. The van der Waals surface area contributed by atoms with E-state index in [1.54, 1.807) is 13.8 Å². The molecule has 0 bridgehead atoms. The molecule has 0 saturated carbocycles. The van der Waals surface area contributed by atoms with Gasteiger partial charge in [-0.2, -0.15) is 0 Å². The van der Waals surface area contributed by atoms with Gasteiger partial charge in [0.15, 0.2) is 0 Å². The Labute approximate surface area is 85.8 Å². The summed E-state index contributed by atoms with van der Waals surface area (Å²) in [4.78, 5) is 22.9. The molecule has 0 aromatic carbocycles. The monoisotopic (exact) mass is 200 g/mol. The van der Waals surface area contributed by atoms with Crippen molar-refractivity contribution in [2.45, 2.75) is 40.5 Å². The minimum absolute atomic E-state index is 0.0165. The Bertz CT molecular complexity index is 197. The van der Waals surface area contributed by atoms with E-state index in [0.29, 0.717) is 25.4 Å². The lowest BCUT2D eigenvalue weighted by atomic mass is 9.92. The number of Topliss-reactive ketones (excluding diaryl/α,β-unsaturated/α-hetero) is 1. The summed E-state index contributed by atoms with van der Waals surface area (Å²) in [5.41, 5.74) is 0. The second-order valence-electron chi connectivity index (χ2n) is 3.75. The van der Waals surface area contributed by atoms with Crippen LogP contribution in [0.25, 0.3) is 0 Å². The van der Waals surface area contributed by atoms with E-state index in [0.717, 1.165) is 0 Å². The van der Waals surface area contributed by atoms with Crippen molar-refractivity contribution in [1.82, 2.24) is 0 Å². The molecule has 0 amide bonds. The number of esters is 1. The molecule has 0 fully saturated rings. The van der Waals surface area contributed by atoms with Crippen LogP contribution < -0.4 is 0 Å². The van der Waals surface area contributed by atoms with Gasteiger partial charge in [-0.15, -0.1) is 0 Å². The molecule has 0 rings (SSSR count). The first-order valence-electron chi connectivity index (χ1n) is 5.22. The van der Waals surface area contributed by atoms with Crippen molar-refractivity contribution >= 4 is 11.8 Å². The molecule has 0 aliphatic rings. The van der Waals surface area contributed by atoms with Gasteiger partial charge in [-0.05, 0) is 19.3 Å². The molecule has 3 heteroatoms. The Morgan fingerprint density at radius 3 is 2.14 bits per heavy atom. The van der Waals surface area contributed by atoms with E-state index in [4.69, 9.17) is 4.74 Å². The van der Waals surface area contributed by atoms with Crippen LogP contribution in [0.3, 0.4) is 0 Å². The second kappa shape index (κ2) is 6.57. The zero-order chi connectivity index (χ0) is 11.1. The smallest absolute Gasteiger partial charge is 0.316 e. The zero-order valence-electron chi connectivity index (χ0n) is 9.50. The SMILES string of the molecule is CCOC(=O)C(CC(C)C)C(=O)CC. The largest absolute Gasteiger partial charge is 0.465 e. The van der Waals surface area contributed by atoms with Crippen molar-refractivity contribution in [2.75, 3.05) is 6.61 Å². The summed E-state index contributed by atoms with van der Waals surface area (Å²) in [5.74, 6) is -0.606. The number of ketones is 1. The van der Waals surface area contributed by atoms with Crippen molar-refractivity contribution < 1.29 is 14.3 Å². The van der Waals surface area contributed by atoms with Crippen LogP contribution in [-0.2, 0) is 14.3 Å². The van der Waals surface area contributed by atoms with E-state index in [2.05, 4.69) is 0 Å². The average molecular weight is 200 g/mol. The summed E-state index contributed by atoms with van der Waals surface area (Å²) >= 11 is 0. The first-order valence-corrected chi connectivity index (χ1v) is 5.22. The van der Waals surface area contributed by atoms with Crippen molar-refractivity contribution in [3.05, 3.63) is 0 Å². The van der Waals surface area contributed by atoms with E-state index < -0.39 is 5.92 Å². The van der Waals surface area contributed by atoms with Gasteiger partial charge < -0.3 is 4.74 Å². The van der Waals surface area contributed by atoms with Gasteiger partial charge in [-0.25, -0.2) is 0 Å². The number of ether oxygens (including phenoxy) is 1. The van der Waals surface area contributed by atoms with Gasteiger partial charge in [0.25, 0.3) is 0 Å². The first-order chi connectivity index (χ1) is 6.52. The fourth-order valence-electron chi connectivity index (χ4n) is 1.32. The molecule has 0 saturated heterocycles. The fourth-order valence-corrected chi connectivity index (χ4v) is 1.32. The van der Waals surface area contributed by atoms with Crippen molar-refractivity contribution in [3.63, 3.8) is 0 Å². The maximum atomic E-state index is 11.5. The summed E-state index contributed by atoms with van der Waals surface area (Å²) in [6.07, 6.45) is 0.988. The van der Waals surface area contributed by atoms with E-state index in [-0.39, 0.29) is 11.8 Å². The van der Waals surface area contributed by atoms with Crippen LogP contribution in [0.4, 0.5) is 0 Å². The van der Waals surface area contributed by atoms with E-state index in [1.165, 1.54) is 0 Å². The van der Waals surface area contributed by atoms with Crippen molar-refractivity contribution in [1.29, 1.82) is 0 Å². The summed E-state index contributed by atoms with van der Waals surface area (Å²) in [6, 6.07) is 0. The molecular formula is C11H20O3. The van der Waals surface area contributed by atoms with Gasteiger partial charge >= 0.3 is 5.97 Å². The van der Waals surface area contributed by atoms with Gasteiger partial charge in [-0.1, -0.05) is 20.8 Å². The summed E-state index contributed by atoms with van der Waals surface area (Å²) in [6.45, 7) is 7.85. The van der Waals surface area contributed by atoms with Gasteiger partial charge in [0.1, 0.15) is 11.7 Å². The average Bonchev–Trinajstić information content (AvgIpc) is 2.13. The molecule has 1 unspecified atom stereocenters. The Morgan fingerprint density at radius 2 is 1.79 bits per heavy atom. The third kappa shape index (κ3) is 4.40. The van der Waals surface area contributed by atoms with E-state index in [1.807, 2.05) is 13.8 Å². The predicted octanol–water partition coefficient (Wildman–Crippen LogP) is 2.19. The molecule has 0 heterocycles. The molecule has 1 atom stereocenters. The third-order valence-corrected chi connectivity index (χ3v) is 2.02. The normalized spacial score (nSPS) is 12.6. The Kier molecular flexibility index (Phi) is 6.17. The first kappa shape index (κ1) is 13.1.